The third kappa shape index (κ3) is 3.42. The number of carbonyl (C=O) groups excluding carboxylic acids is 1. The van der Waals surface area contributed by atoms with E-state index in [0.717, 1.165) is 11.3 Å². The summed E-state index contributed by atoms with van der Waals surface area (Å²) >= 11 is 0. The van der Waals surface area contributed by atoms with E-state index in [9.17, 15) is 4.79 Å². The zero-order valence-electron chi connectivity index (χ0n) is 13.3. The number of likely N-dealkylation sites (N-methyl/N-ethyl adjacent to an activating group) is 1. The van der Waals surface area contributed by atoms with Gasteiger partial charge in [0.1, 0.15) is 5.76 Å². The summed E-state index contributed by atoms with van der Waals surface area (Å²) in [6.45, 7) is 1.94. The lowest BCUT2D eigenvalue weighted by atomic mass is 10.1. The first-order valence-electron chi connectivity index (χ1n) is 7.06. The van der Waals surface area contributed by atoms with Crippen molar-refractivity contribution in [3.63, 3.8) is 0 Å². The van der Waals surface area contributed by atoms with Gasteiger partial charge < -0.3 is 18.8 Å². The summed E-state index contributed by atoms with van der Waals surface area (Å²) < 4.78 is 15.8. The van der Waals surface area contributed by atoms with Crippen molar-refractivity contribution in [3.05, 3.63) is 47.9 Å². The second-order valence-electron chi connectivity index (χ2n) is 5.06. The maximum absolute atomic E-state index is 12.4. The van der Waals surface area contributed by atoms with Gasteiger partial charge in [-0.2, -0.15) is 0 Å². The molecule has 1 heterocycles. The average molecular weight is 303 g/mol. The van der Waals surface area contributed by atoms with Gasteiger partial charge in [0.05, 0.1) is 32.9 Å². The Kier molecular flexibility index (Phi) is 5.09. The molecule has 0 aliphatic carbocycles. The lowest BCUT2D eigenvalue weighted by molar-refractivity contribution is -0.131. The Morgan fingerprint density at radius 1 is 1.23 bits per heavy atom. The molecule has 1 amide bonds. The van der Waals surface area contributed by atoms with Crippen molar-refractivity contribution in [2.24, 2.45) is 0 Å². The van der Waals surface area contributed by atoms with E-state index in [2.05, 4.69) is 0 Å². The van der Waals surface area contributed by atoms with Gasteiger partial charge in [-0.25, -0.2) is 0 Å². The maximum Gasteiger partial charge on any atom is 0.227 e. The van der Waals surface area contributed by atoms with E-state index < -0.39 is 0 Å². The van der Waals surface area contributed by atoms with Crippen LogP contribution < -0.4 is 9.47 Å². The molecule has 2 aromatic rings. The fraction of sp³-hybridized carbons (Fsp3) is 0.353. The van der Waals surface area contributed by atoms with Crippen LogP contribution in [0.3, 0.4) is 0 Å². The average Bonchev–Trinajstić information content (AvgIpc) is 3.07. The van der Waals surface area contributed by atoms with Crippen LogP contribution in [0, 0.1) is 0 Å². The molecular formula is C17H21NO4. The fourth-order valence-corrected chi connectivity index (χ4v) is 2.23. The van der Waals surface area contributed by atoms with E-state index >= 15 is 0 Å². The Hall–Kier alpha value is -2.43. The molecule has 2 rings (SSSR count). The molecule has 5 nitrogen and oxygen atoms in total. The highest BCUT2D eigenvalue weighted by Gasteiger charge is 2.20. The van der Waals surface area contributed by atoms with Crippen LogP contribution in [-0.4, -0.2) is 32.1 Å². The monoisotopic (exact) mass is 303 g/mol. The van der Waals surface area contributed by atoms with E-state index in [-0.39, 0.29) is 11.9 Å². The summed E-state index contributed by atoms with van der Waals surface area (Å²) in [5, 5.41) is 0. The molecular weight excluding hydrogens is 282 g/mol. The normalized spacial score (nSPS) is 11.8. The topological polar surface area (TPSA) is 51.9 Å². The molecule has 22 heavy (non-hydrogen) atoms. The predicted octanol–water partition coefficient (Wildman–Crippen LogP) is 3.06. The number of rotatable bonds is 6. The summed E-state index contributed by atoms with van der Waals surface area (Å²) in [7, 11) is 4.94. The summed E-state index contributed by atoms with van der Waals surface area (Å²) in [6, 6.07) is 9.07. The van der Waals surface area contributed by atoms with Crippen LogP contribution >= 0.6 is 0 Å². The minimum absolute atomic E-state index is 0.0103. The highest BCUT2D eigenvalue weighted by Crippen LogP contribution is 2.28. The number of carbonyl (C=O) groups is 1. The quantitative estimate of drug-likeness (QED) is 0.823. The van der Waals surface area contributed by atoms with Gasteiger partial charge in [0.25, 0.3) is 0 Å². The minimum atomic E-state index is -0.109. The van der Waals surface area contributed by atoms with Crippen LogP contribution in [0.4, 0.5) is 0 Å². The van der Waals surface area contributed by atoms with Crippen molar-refractivity contribution in [2.75, 3.05) is 21.3 Å². The number of amides is 1. The van der Waals surface area contributed by atoms with Crippen LogP contribution in [0.2, 0.25) is 0 Å². The molecule has 1 unspecified atom stereocenters. The van der Waals surface area contributed by atoms with Gasteiger partial charge in [0, 0.05) is 7.05 Å². The first kappa shape index (κ1) is 15.9. The second kappa shape index (κ2) is 7.02. The number of methoxy groups -OCH3 is 2. The van der Waals surface area contributed by atoms with Gasteiger partial charge in [0.2, 0.25) is 5.91 Å². The number of hydrogen-bond donors (Lipinski definition) is 0. The first-order chi connectivity index (χ1) is 10.6. The number of benzene rings is 1. The lowest BCUT2D eigenvalue weighted by Gasteiger charge is -2.23. The summed E-state index contributed by atoms with van der Waals surface area (Å²) in [5.74, 6) is 2.05. The molecule has 0 saturated carbocycles. The van der Waals surface area contributed by atoms with E-state index in [1.807, 2.05) is 31.2 Å². The third-order valence-electron chi connectivity index (χ3n) is 3.73. The highest BCUT2D eigenvalue weighted by atomic mass is 16.5. The second-order valence-corrected chi connectivity index (χ2v) is 5.06. The Morgan fingerprint density at radius 3 is 2.55 bits per heavy atom. The molecule has 118 valence electrons. The standard InChI is InChI=1S/C17H21NO4/c1-12(14-6-5-9-22-14)18(2)17(19)11-13-7-8-15(20-3)16(10-13)21-4/h5-10,12H,11H2,1-4H3. The van der Waals surface area contributed by atoms with Crippen LogP contribution in [0.25, 0.3) is 0 Å². The molecule has 0 N–H and O–H groups in total. The minimum Gasteiger partial charge on any atom is -0.493 e. The molecule has 0 fully saturated rings. The Morgan fingerprint density at radius 2 is 1.95 bits per heavy atom. The van der Waals surface area contributed by atoms with Gasteiger partial charge >= 0.3 is 0 Å². The maximum atomic E-state index is 12.4. The van der Waals surface area contributed by atoms with E-state index in [1.54, 1.807) is 38.5 Å². The van der Waals surface area contributed by atoms with Gasteiger partial charge in [-0.05, 0) is 36.8 Å². The fourth-order valence-electron chi connectivity index (χ4n) is 2.23. The zero-order chi connectivity index (χ0) is 16.1. The molecule has 0 radical (unpaired) electrons. The molecule has 0 aliphatic heterocycles. The van der Waals surface area contributed by atoms with Crippen molar-refractivity contribution in [1.29, 1.82) is 0 Å². The van der Waals surface area contributed by atoms with Crippen LogP contribution in [-0.2, 0) is 11.2 Å². The van der Waals surface area contributed by atoms with E-state index in [1.165, 1.54) is 0 Å². The van der Waals surface area contributed by atoms with Gasteiger partial charge in [-0.15, -0.1) is 0 Å². The molecule has 0 spiro atoms. The Labute approximate surface area is 130 Å². The summed E-state index contributed by atoms with van der Waals surface area (Å²) in [5.41, 5.74) is 0.876. The molecule has 1 aromatic carbocycles. The molecule has 0 aliphatic rings. The Balaban J connectivity index is 2.08. The molecule has 1 atom stereocenters. The number of hydrogen-bond acceptors (Lipinski definition) is 4. The van der Waals surface area contributed by atoms with Crippen LogP contribution in [0.5, 0.6) is 11.5 Å². The van der Waals surface area contributed by atoms with Crippen molar-refractivity contribution < 1.29 is 18.7 Å². The number of nitrogens with zero attached hydrogens (tertiary/aromatic N) is 1. The van der Waals surface area contributed by atoms with Gasteiger partial charge in [-0.3, -0.25) is 4.79 Å². The zero-order valence-corrected chi connectivity index (χ0v) is 13.3. The van der Waals surface area contributed by atoms with Crippen molar-refractivity contribution >= 4 is 5.91 Å². The number of ether oxygens (including phenoxy) is 2. The third-order valence-corrected chi connectivity index (χ3v) is 3.73. The first-order valence-corrected chi connectivity index (χ1v) is 7.06. The highest BCUT2D eigenvalue weighted by molar-refractivity contribution is 5.79. The van der Waals surface area contributed by atoms with Crippen LogP contribution in [0.15, 0.2) is 41.0 Å². The van der Waals surface area contributed by atoms with Gasteiger partial charge in [-0.1, -0.05) is 6.07 Å². The van der Waals surface area contributed by atoms with Crippen molar-refractivity contribution in [1.82, 2.24) is 4.90 Å². The SMILES string of the molecule is COc1ccc(CC(=O)N(C)C(C)c2ccco2)cc1OC. The molecule has 0 bridgehead atoms. The van der Waals surface area contributed by atoms with Crippen molar-refractivity contribution in [2.45, 2.75) is 19.4 Å². The Bertz CT molecular complexity index is 622. The molecule has 5 heteroatoms. The largest absolute Gasteiger partial charge is 0.493 e. The number of furan rings is 1. The summed E-state index contributed by atoms with van der Waals surface area (Å²) in [6.07, 6.45) is 1.90. The van der Waals surface area contributed by atoms with Gasteiger partial charge in [0.15, 0.2) is 11.5 Å². The predicted molar refractivity (Wildman–Crippen MR) is 83.1 cm³/mol. The van der Waals surface area contributed by atoms with Crippen molar-refractivity contribution in [3.8, 4) is 11.5 Å². The lowest BCUT2D eigenvalue weighted by Crippen LogP contribution is -2.30. The smallest absolute Gasteiger partial charge is 0.227 e. The van der Waals surface area contributed by atoms with E-state index in [4.69, 9.17) is 13.9 Å². The molecule has 0 saturated heterocycles. The van der Waals surface area contributed by atoms with Crippen LogP contribution in [0.1, 0.15) is 24.3 Å². The summed E-state index contributed by atoms with van der Waals surface area (Å²) in [4.78, 5) is 14.1. The molecule has 1 aromatic heterocycles. The van der Waals surface area contributed by atoms with E-state index in [0.29, 0.717) is 17.9 Å².